The highest BCUT2D eigenvalue weighted by atomic mass is 19.4. The number of anilines is 1. The van der Waals surface area contributed by atoms with E-state index < -0.39 is 12.7 Å². The molecular formula is C13H21F3N4. The Kier molecular flexibility index (Phi) is 6.70. The van der Waals surface area contributed by atoms with Crippen molar-refractivity contribution >= 4 is 5.82 Å². The van der Waals surface area contributed by atoms with Crippen molar-refractivity contribution in [1.82, 2.24) is 15.3 Å². The zero-order valence-corrected chi connectivity index (χ0v) is 11.9. The molecule has 1 aromatic heterocycles. The lowest BCUT2D eigenvalue weighted by atomic mass is 10.3. The van der Waals surface area contributed by atoms with Crippen LogP contribution in [0.2, 0.25) is 0 Å². The van der Waals surface area contributed by atoms with Gasteiger partial charge in [0.2, 0.25) is 0 Å². The van der Waals surface area contributed by atoms with Gasteiger partial charge in [-0.3, -0.25) is 4.98 Å². The normalized spacial score (nSPS) is 11.7. The zero-order chi connectivity index (χ0) is 15.0. The van der Waals surface area contributed by atoms with Gasteiger partial charge < -0.3 is 10.2 Å². The number of nitrogens with one attached hydrogen (secondary N) is 1. The molecule has 0 saturated carbocycles. The van der Waals surface area contributed by atoms with Gasteiger partial charge in [-0.05, 0) is 19.4 Å². The molecule has 1 heterocycles. The molecule has 0 amide bonds. The summed E-state index contributed by atoms with van der Waals surface area (Å²) in [6.07, 6.45) is 0.332. The van der Waals surface area contributed by atoms with Gasteiger partial charge >= 0.3 is 6.18 Å². The predicted octanol–water partition coefficient (Wildman–Crippen LogP) is 2.75. The molecule has 0 bridgehead atoms. The topological polar surface area (TPSA) is 41.1 Å². The van der Waals surface area contributed by atoms with E-state index in [-0.39, 0.29) is 5.82 Å². The maximum Gasteiger partial charge on any atom is 0.405 e. The third-order valence-corrected chi connectivity index (χ3v) is 2.61. The van der Waals surface area contributed by atoms with E-state index in [0.717, 1.165) is 18.7 Å². The van der Waals surface area contributed by atoms with Crippen LogP contribution in [-0.2, 0) is 6.54 Å². The summed E-state index contributed by atoms with van der Waals surface area (Å²) in [5.74, 6) is 0.267. The molecule has 0 aliphatic heterocycles. The lowest BCUT2D eigenvalue weighted by Crippen LogP contribution is -2.35. The van der Waals surface area contributed by atoms with Crippen molar-refractivity contribution in [1.29, 1.82) is 0 Å². The average Bonchev–Trinajstić information content (AvgIpc) is 2.38. The maximum absolute atomic E-state index is 12.5. The van der Waals surface area contributed by atoms with E-state index >= 15 is 0 Å². The van der Waals surface area contributed by atoms with Crippen LogP contribution < -0.4 is 10.2 Å². The quantitative estimate of drug-likeness (QED) is 0.747. The monoisotopic (exact) mass is 290 g/mol. The van der Waals surface area contributed by atoms with Gasteiger partial charge in [-0.2, -0.15) is 13.2 Å². The lowest BCUT2D eigenvalue weighted by molar-refractivity contribution is -0.119. The summed E-state index contributed by atoms with van der Waals surface area (Å²) in [6.45, 7) is 4.65. The van der Waals surface area contributed by atoms with Gasteiger partial charge in [0.25, 0.3) is 0 Å². The first-order valence-electron chi connectivity index (χ1n) is 6.79. The molecule has 20 heavy (non-hydrogen) atoms. The Morgan fingerprint density at radius 1 is 1.15 bits per heavy atom. The summed E-state index contributed by atoms with van der Waals surface area (Å²) in [5.41, 5.74) is 0.727. The molecule has 0 atom stereocenters. The van der Waals surface area contributed by atoms with Gasteiger partial charge in [-0.15, -0.1) is 0 Å². The van der Waals surface area contributed by atoms with E-state index in [1.807, 2.05) is 6.92 Å². The number of nitrogens with zero attached hydrogens (tertiary/aromatic N) is 3. The summed E-state index contributed by atoms with van der Waals surface area (Å²) in [5, 5.41) is 3.17. The highest BCUT2D eigenvalue weighted by molar-refractivity contribution is 5.36. The van der Waals surface area contributed by atoms with Crippen molar-refractivity contribution in [2.75, 3.05) is 24.5 Å². The molecule has 1 N–H and O–H groups in total. The van der Waals surface area contributed by atoms with Gasteiger partial charge in [0.05, 0.1) is 18.1 Å². The molecule has 1 rings (SSSR count). The van der Waals surface area contributed by atoms with Crippen molar-refractivity contribution in [3.63, 3.8) is 0 Å². The minimum absolute atomic E-state index is 0.267. The fourth-order valence-corrected chi connectivity index (χ4v) is 1.76. The fraction of sp³-hybridized carbons (Fsp3) is 0.692. The molecule has 0 aromatic carbocycles. The van der Waals surface area contributed by atoms with Gasteiger partial charge in [0.1, 0.15) is 12.4 Å². The molecule has 4 nitrogen and oxygen atoms in total. The number of hydrogen-bond acceptors (Lipinski definition) is 4. The molecule has 114 valence electrons. The van der Waals surface area contributed by atoms with Crippen LogP contribution in [0.4, 0.5) is 19.0 Å². The molecular weight excluding hydrogens is 269 g/mol. The second-order valence-corrected chi connectivity index (χ2v) is 4.58. The Balaban J connectivity index is 2.67. The molecule has 0 spiro atoms. The van der Waals surface area contributed by atoms with E-state index in [1.54, 1.807) is 0 Å². The van der Waals surface area contributed by atoms with Gasteiger partial charge in [-0.1, -0.05) is 13.8 Å². The first-order chi connectivity index (χ1) is 9.46. The Morgan fingerprint density at radius 3 is 2.40 bits per heavy atom. The Labute approximate surface area is 117 Å². The van der Waals surface area contributed by atoms with E-state index in [4.69, 9.17) is 0 Å². The fourth-order valence-electron chi connectivity index (χ4n) is 1.76. The third kappa shape index (κ3) is 6.18. The molecule has 1 aromatic rings. The minimum Gasteiger partial charge on any atom is -0.346 e. The highest BCUT2D eigenvalue weighted by Gasteiger charge is 2.31. The second kappa shape index (κ2) is 8.04. The Bertz CT molecular complexity index is 378. The van der Waals surface area contributed by atoms with Crippen LogP contribution in [0.25, 0.3) is 0 Å². The molecule has 0 aliphatic carbocycles. The van der Waals surface area contributed by atoms with Crippen LogP contribution in [0.3, 0.4) is 0 Å². The number of hydrogen-bond donors (Lipinski definition) is 1. The largest absolute Gasteiger partial charge is 0.405 e. The van der Waals surface area contributed by atoms with Gasteiger partial charge in [-0.25, -0.2) is 4.98 Å². The smallest absolute Gasteiger partial charge is 0.346 e. The van der Waals surface area contributed by atoms with Crippen LogP contribution in [0, 0.1) is 0 Å². The first-order valence-corrected chi connectivity index (χ1v) is 6.79. The Morgan fingerprint density at radius 2 is 1.90 bits per heavy atom. The average molecular weight is 290 g/mol. The molecule has 0 saturated heterocycles. The van der Waals surface area contributed by atoms with E-state index in [1.165, 1.54) is 17.3 Å². The second-order valence-electron chi connectivity index (χ2n) is 4.58. The Hall–Kier alpha value is -1.37. The van der Waals surface area contributed by atoms with Crippen molar-refractivity contribution < 1.29 is 13.2 Å². The molecule has 0 unspecified atom stereocenters. The van der Waals surface area contributed by atoms with Crippen LogP contribution in [0.1, 0.15) is 32.4 Å². The van der Waals surface area contributed by atoms with Crippen LogP contribution >= 0.6 is 0 Å². The summed E-state index contributed by atoms with van der Waals surface area (Å²) in [6, 6.07) is 0. The summed E-state index contributed by atoms with van der Waals surface area (Å²) >= 11 is 0. The molecule has 7 heteroatoms. The molecule has 0 aliphatic rings. The third-order valence-electron chi connectivity index (χ3n) is 2.61. The standard InChI is InChI=1S/C13H21F3N4/c1-3-5-17-7-11-8-19-12(9-18-11)20(6-4-2)10-13(14,15)16/h8-9,17H,3-7,10H2,1-2H3. The molecule has 0 radical (unpaired) electrons. The van der Waals surface area contributed by atoms with Crippen LogP contribution in [-0.4, -0.2) is 35.8 Å². The summed E-state index contributed by atoms with van der Waals surface area (Å²) in [4.78, 5) is 9.44. The number of halogens is 3. The van der Waals surface area contributed by atoms with E-state index in [9.17, 15) is 13.2 Å². The SMILES string of the molecule is CCCNCc1cnc(N(CCC)CC(F)(F)F)cn1. The summed E-state index contributed by atoms with van der Waals surface area (Å²) in [7, 11) is 0. The van der Waals surface area contributed by atoms with Crippen molar-refractivity contribution in [3.05, 3.63) is 18.1 Å². The van der Waals surface area contributed by atoms with Gasteiger partial charge in [0.15, 0.2) is 0 Å². The van der Waals surface area contributed by atoms with E-state index in [2.05, 4.69) is 22.2 Å². The number of alkyl halides is 3. The van der Waals surface area contributed by atoms with Crippen LogP contribution in [0.15, 0.2) is 12.4 Å². The van der Waals surface area contributed by atoms with Crippen LogP contribution in [0.5, 0.6) is 0 Å². The van der Waals surface area contributed by atoms with Crippen molar-refractivity contribution in [2.24, 2.45) is 0 Å². The lowest BCUT2D eigenvalue weighted by Gasteiger charge is -2.24. The molecule has 0 fully saturated rings. The highest BCUT2D eigenvalue weighted by Crippen LogP contribution is 2.20. The first kappa shape index (κ1) is 16.7. The van der Waals surface area contributed by atoms with Crippen molar-refractivity contribution in [2.45, 2.75) is 39.4 Å². The van der Waals surface area contributed by atoms with Crippen molar-refractivity contribution in [3.8, 4) is 0 Å². The maximum atomic E-state index is 12.5. The predicted molar refractivity (Wildman–Crippen MR) is 72.6 cm³/mol. The minimum atomic E-state index is -4.24. The number of aromatic nitrogens is 2. The van der Waals surface area contributed by atoms with E-state index in [0.29, 0.717) is 19.5 Å². The number of rotatable bonds is 8. The zero-order valence-electron chi connectivity index (χ0n) is 11.9. The van der Waals surface area contributed by atoms with Gasteiger partial charge in [0, 0.05) is 13.1 Å². The summed E-state index contributed by atoms with van der Waals surface area (Å²) < 4.78 is 37.5.